The summed E-state index contributed by atoms with van der Waals surface area (Å²) in [4.78, 5) is 10.7. The van der Waals surface area contributed by atoms with Gasteiger partial charge in [0.05, 0.1) is 0 Å². The molecule has 0 saturated heterocycles. The molecule has 2 nitrogen and oxygen atoms in total. The largest absolute Gasteiger partial charge is 0.478 e. The Bertz CT molecular complexity index is 287. The van der Waals surface area contributed by atoms with Gasteiger partial charge in [-0.1, -0.05) is 24.6 Å². The summed E-state index contributed by atoms with van der Waals surface area (Å²) in [6.07, 6.45) is 6.39. The molecule has 0 heterocycles. The summed E-state index contributed by atoms with van der Waals surface area (Å²) in [7, 11) is 0. The van der Waals surface area contributed by atoms with Gasteiger partial charge in [0.2, 0.25) is 0 Å². The molecule has 2 heteroatoms. The van der Waals surface area contributed by atoms with Crippen molar-refractivity contribution < 1.29 is 9.90 Å². The zero-order valence-electron chi connectivity index (χ0n) is 9.08. The molecular formula is C12H18O2. The molecule has 1 rings (SSSR count). The van der Waals surface area contributed by atoms with Gasteiger partial charge in [-0.05, 0) is 32.6 Å². The first kappa shape index (κ1) is 11.0. The third-order valence-electron chi connectivity index (χ3n) is 2.99. The highest BCUT2D eigenvalue weighted by molar-refractivity contribution is 5.85. The Kier molecular flexibility index (Phi) is 3.50. The molecule has 1 aliphatic rings. The predicted molar refractivity (Wildman–Crippen MR) is 57.0 cm³/mol. The molecule has 2 atom stereocenters. The maximum Gasteiger partial charge on any atom is 0.330 e. The summed E-state index contributed by atoms with van der Waals surface area (Å²) >= 11 is 0. The molecule has 0 aromatic heterocycles. The fourth-order valence-electron chi connectivity index (χ4n) is 1.97. The second kappa shape index (κ2) is 4.45. The lowest BCUT2D eigenvalue weighted by atomic mass is 9.79. The van der Waals surface area contributed by atoms with Crippen molar-refractivity contribution in [1.29, 1.82) is 0 Å². The molecular weight excluding hydrogens is 176 g/mol. The SMILES string of the molecule is CC1=CCCC(C)C1/C=C(\C)C(=O)O. The zero-order chi connectivity index (χ0) is 10.7. The molecule has 1 aliphatic carbocycles. The normalized spacial score (nSPS) is 28.5. The molecule has 0 aromatic carbocycles. The van der Waals surface area contributed by atoms with Crippen LogP contribution in [0.3, 0.4) is 0 Å². The smallest absolute Gasteiger partial charge is 0.330 e. The van der Waals surface area contributed by atoms with Crippen LogP contribution in [0.2, 0.25) is 0 Å². The Hall–Kier alpha value is -1.05. The van der Waals surface area contributed by atoms with Crippen LogP contribution in [0.1, 0.15) is 33.6 Å². The molecule has 2 unspecified atom stereocenters. The van der Waals surface area contributed by atoms with Gasteiger partial charge in [-0.3, -0.25) is 0 Å². The number of allylic oxidation sites excluding steroid dienone is 3. The van der Waals surface area contributed by atoms with E-state index in [-0.39, 0.29) is 0 Å². The Labute approximate surface area is 85.3 Å². The quantitative estimate of drug-likeness (QED) is 0.542. The van der Waals surface area contributed by atoms with E-state index in [1.54, 1.807) is 6.92 Å². The van der Waals surface area contributed by atoms with E-state index in [9.17, 15) is 4.79 Å². The summed E-state index contributed by atoms with van der Waals surface area (Å²) in [5.74, 6) is 0.0738. The fraction of sp³-hybridized carbons (Fsp3) is 0.583. The number of hydrogen-bond acceptors (Lipinski definition) is 1. The number of aliphatic carboxylic acids is 1. The van der Waals surface area contributed by atoms with Crippen molar-refractivity contribution in [2.45, 2.75) is 33.6 Å². The number of hydrogen-bond donors (Lipinski definition) is 1. The van der Waals surface area contributed by atoms with Crippen LogP contribution in [0.25, 0.3) is 0 Å². The Morgan fingerprint density at radius 1 is 1.64 bits per heavy atom. The summed E-state index contributed by atoms with van der Waals surface area (Å²) in [6, 6.07) is 0. The average Bonchev–Trinajstić information content (AvgIpc) is 2.11. The van der Waals surface area contributed by atoms with Gasteiger partial charge in [-0.25, -0.2) is 4.79 Å². The standard InChI is InChI=1S/C12H18O2/c1-8-5-4-6-9(2)11(8)7-10(3)12(13)14/h5,7,9,11H,4,6H2,1-3H3,(H,13,14)/b10-7+. The average molecular weight is 194 g/mol. The highest BCUT2D eigenvalue weighted by atomic mass is 16.4. The van der Waals surface area contributed by atoms with Crippen LogP contribution in [0.5, 0.6) is 0 Å². The van der Waals surface area contributed by atoms with E-state index in [2.05, 4.69) is 19.9 Å². The van der Waals surface area contributed by atoms with Crippen molar-refractivity contribution in [3.63, 3.8) is 0 Å². The van der Waals surface area contributed by atoms with Gasteiger partial charge in [0.25, 0.3) is 0 Å². The predicted octanol–water partition coefficient (Wildman–Crippen LogP) is 3.01. The third kappa shape index (κ3) is 2.47. The van der Waals surface area contributed by atoms with Crippen molar-refractivity contribution in [2.24, 2.45) is 11.8 Å². The molecule has 0 fully saturated rings. The van der Waals surface area contributed by atoms with Gasteiger partial charge in [0.15, 0.2) is 0 Å². The topological polar surface area (TPSA) is 37.3 Å². The summed E-state index contributed by atoms with van der Waals surface area (Å²) in [5, 5.41) is 8.80. The van der Waals surface area contributed by atoms with Gasteiger partial charge >= 0.3 is 5.97 Å². The second-order valence-corrected chi connectivity index (χ2v) is 4.18. The van der Waals surface area contributed by atoms with Crippen LogP contribution in [-0.4, -0.2) is 11.1 Å². The maximum absolute atomic E-state index is 10.7. The van der Waals surface area contributed by atoms with Gasteiger partial charge < -0.3 is 5.11 Å². The van der Waals surface area contributed by atoms with E-state index in [0.29, 0.717) is 17.4 Å². The Balaban J connectivity index is 2.85. The lowest BCUT2D eigenvalue weighted by Crippen LogP contribution is -2.16. The molecule has 0 amide bonds. The van der Waals surface area contributed by atoms with E-state index in [4.69, 9.17) is 5.11 Å². The molecule has 78 valence electrons. The summed E-state index contributed by atoms with van der Waals surface area (Å²) < 4.78 is 0. The molecule has 14 heavy (non-hydrogen) atoms. The molecule has 0 radical (unpaired) electrons. The van der Waals surface area contributed by atoms with Gasteiger partial charge in [0.1, 0.15) is 0 Å². The van der Waals surface area contributed by atoms with Gasteiger partial charge in [-0.15, -0.1) is 0 Å². The number of carbonyl (C=O) groups is 1. The third-order valence-corrected chi connectivity index (χ3v) is 2.99. The second-order valence-electron chi connectivity index (χ2n) is 4.18. The van der Waals surface area contributed by atoms with E-state index in [1.165, 1.54) is 5.57 Å². The number of carboxylic acid groups (broad SMARTS) is 1. The van der Waals surface area contributed by atoms with E-state index >= 15 is 0 Å². The Morgan fingerprint density at radius 3 is 2.79 bits per heavy atom. The van der Waals surface area contributed by atoms with Crippen molar-refractivity contribution in [2.75, 3.05) is 0 Å². The van der Waals surface area contributed by atoms with Crippen LogP contribution < -0.4 is 0 Å². The molecule has 0 bridgehead atoms. The minimum absolute atomic E-state index is 0.319. The minimum atomic E-state index is -0.810. The highest BCUT2D eigenvalue weighted by Crippen LogP contribution is 2.31. The molecule has 0 aromatic rings. The lowest BCUT2D eigenvalue weighted by Gasteiger charge is -2.26. The van der Waals surface area contributed by atoms with Crippen LogP contribution >= 0.6 is 0 Å². The monoisotopic (exact) mass is 194 g/mol. The first-order valence-corrected chi connectivity index (χ1v) is 5.10. The van der Waals surface area contributed by atoms with Crippen molar-refractivity contribution in [3.8, 4) is 0 Å². The molecule has 1 N–H and O–H groups in total. The highest BCUT2D eigenvalue weighted by Gasteiger charge is 2.20. The fourth-order valence-corrected chi connectivity index (χ4v) is 1.97. The van der Waals surface area contributed by atoms with Crippen molar-refractivity contribution in [1.82, 2.24) is 0 Å². The van der Waals surface area contributed by atoms with Crippen molar-refractivity contribution in [3.05, 3.63) is 23.3 Å². The summed E-state index contributed by atoms with van der Waals surface area (Å²) in [5.41, 5.74) is 1.76. The lowest BCUT2D eigenvalue weighted by molar-refractivity contribution is -0.132. The van der Waals surface area contributed by atoms with Crippen LogP contribution in [-0.2, 0) is 4.79 Å². The van der Waals surface area contributed by atoms with Crippen LogP contribution in [0.4, 0.5) is 0 Å². The van der Waals surface area contributed by atoms with Crippen LogP contribution in [0.15, 0.2) is 23.3 Å². The Morgan fingerprint density at radius 2 is 2.29 bits per heavy atom. The maximum atomic E-state index is 10.7. The van der Waals surface area contributed by atoms with Gasteiger partial charge in [-0.2, -0.15) is 0 Å². The zero-order valence-corrected chi connectivity index (χ0v) is 9.08. The summed E-state index contributed by atoms with van der Waals surface area (Å²) in [6.45, 7) is 5.94. The van der Waals surface area contributed by atoms with Gasteiger partial charge in [0, 0.05) is 11.5 Å². The first-order valence-electron chi connectivity index (χ1n) is 5.10. The van der Waals surface area contributed by atoms with E-state index < -0.39 is 5.97 Å². The first-order chi connectivity index (χ1) is 6.52. The minimum Gasteiger partial charge on any atom is -0.478 e. The van der Waals surface area contributed by atoms with Crippen molar-refractivity contribution >= 4 is 5.97 Å². The van der Waals surface area contributed by atoms with E-state index in [1.807, 2.05) is 6.08 Å². The number of carboxylic acids is 1. The van der Waals surface area contributed by atoms with Crippen LogP contribution in [0, 0.1) is 11.8 Å². The molecule has 0 saturated carbocycles. The van der Waals surface area contributed by atoms with E-state index in [0.717, 1.165) is 12.8 Å². The molecule has 0 spiro atoms. The number of rotatable bonds is 2. The molecule has 0 aliphatic heterocycles.